The first-order valence-electron chi connectivity index (χ1n) is 5.08. The van der Waals surface area contributed by atoms with Gasteiger partial charge in [-0.3, -0.25) is 4.79 Å². The van der Waals surface area contributed by atoms with E-state index in [0.717, 1.165) is 33.8 Å². The Bertz CT molecular complexity index is 395. The first-order chi connectivity index (χ1) is 7.08. The van der Waals surface area contributed by atoms with Crippen LogP contribution in [0.15, 0.2) is 18.2 Å². The van der Waals surface area contributed by atoms with Gasteiger partial charge in [-0.2, -0.15) is 0 Å². The van der Waals surface area contributed by atoms with Gasteiger partial charge in [0.15, 0.2) is 0 Å². The summed E-state index contributed by atoms with van der Waals surface area (Å²) in [4.78, 5) is 11.7. The number of likely N-dealkylation sites (N-methyl/N-ethyl adjacent to an activating group) is 1. The van der Waals surface area contributed by atoms with Crippen LogP contribution in [0.25, 0.3) is 0 Å². The van der Waals surface area contributed by atoms with Crippen LogP contribution in [0.2, 0.25) is 0 Å². The topological polar surface area (TPSA) is 29.1 Å². The summed E-state index contributed by atoms with van der Waals surface area (Å²) in [5.41, 5.74) is 0.405. The average molecular weight is 223 g/mol. The molecule has 1 aliphatic rings. The number of rotatable bonds is 2. The lowest BCUT2D eigenvalue weighted by molar-refractivity contribution is -0.123. The highest BCUT2D eigenvalue weighted by Crippen LogP contribution is 2.48. The first-order valence-corrected chi connectivity index (χ1v) is 6.08. The summed E-state index contributed by atoms with van der Waals surface area (Å²) in [6.07, 6.45) is 1.66. The molecule has 1 aromatic rings. The van der Waals surface area contributed by atoms with E-state index in [1.165, 1.54) is 12.1 Å². The Morgan fingerprint density at radius 1 is 1.47 bits per heavy atom. The van der Waals surface area contributed by atoms with Crippen LogP contribution in [0.5, 0.6) is 0 Å². The van der Waals surface area contributed by atoms with Gasteiger partial charge in [-0.15, -0.1) is 0 Å². The lowest BCUT2D eigenvalue weighted by Crippen LogP contribution is -2.32. The molecule has 0 radical (unpaired) electrons. The molecule has 1 aliphatic carbocycles. The fourth-order valence-electron chi connectivity index (χ4n) is 2.02. The largest absolute Gasteiger partial charge is 0.358 e. The predicted octanol–water partition coefficient (Wildman–Crippen LogP) is -0.406. The van der Waals surface area contributed by atoms with Gasteiger partial charge in [0, 0.05) is 17.3 Å². The van der Waals surface area contributed by atoms with Crippen molar-refractivity contribution in [2.24, 2.45) is 0 Å². The van der Waals surface area contributed by atoms with Crippen molar-refractivity contribution >= 4 is 21.3 Å². The van der Waals surface area contributed by atoms with Crippen LogP contribution in [0, 0.1) is 5.82 Å². The van der Waals surface area contributed by atoms with Crippen molar-refractivity contribution in [1.29, 1.82) is 0 Å². The van der Waals surface area contributed by atoms with Crippen LogP contribution in [0.1, 0.15) is 18.4 Å². The standard InChI is InChI=1S/C11H14FNOSi/c1-13-10(14)11(2-3-11)7-4-8(12)6-9(15)5-7/h4-6H,2-3H2,1,15H3,(H,13,14). The molecule has 80 valence electrons. The third kappa shape index (κ3) is 1.69. The monoisotopic (exact) mass is 223 g/mol. The van der Waals surface area contributed by atoms with Crippen molar-refractivity contribution in [3.63, 3.8) is 0 Å². The molecule has 4 heteroatoms. The molecular weight excluding hydrogens is 209 g/mol. The summed E-state index contributed by atoms with van der Waals surface area (Å²) in [6, 6.07) is 4.98. The van der Waals surface area contributed by atoms with E-state index < -0.39 is 5.41 Å². The normalized spacial score (nSPS) is 17.5. The second kappa shape index (κ2) is 3.45. The molecule has 0 unspecified atom stereocenters. The predicted molar refractivity (Wildman–Crippen MR) is 61.0 cm³/mol. The van der Waals surface area contributed by atoms with E-state index in [1.807, 2.05) is 6.07 Å². The van der Waals surface area contributed by atoms with Crippen molar-refractivity contribution in [2.75, 3.05) is 7.05 Å². The number of carbonyl (C=O) groups is 1. The minimum Gasteiger partial charge on any atom is -0.358 e. The quantitative estimate of drug-likeness (QED) is 0.679. The molecule has 1 saturated carbocycles. The lowest BCUT2D eigenvalue weighted by atomic mass is 9.95. The second-order valence-electron chi connectivity index (χ2n) is 4.18. The van der Waals surface area contributed by atoms with Gasteiger partial charge in [0.25, 0.3) is 0 Å². The van der Waals surface area contributed by atoms with Gasteiger partial charge in [-0.1, -0.05) is 11.3 Å². The van der Waals surface area contributed by atoms with Gasteiger partial charge < -0.3 is 5.32 Å². The summed E-state index contributed by atoms with van der Waals surface area (Å²) >= 11 is 0. The van der Waals surface area contributed by atoms with Crippen LogP contribution in [-0.4, -0.2) is 23.2 Å². The van der Waals surface area contributed by atoms with Gasteiger partial charge >= 0.3 is 0 Å². The lowest BCUT2D eigenvalue weighted by Gasteiger charge is -2.14. The molecular formula is C11H14FNOSi. The molecule has 15 heavy (non-hydrogen) atoms. The smallest absolute Gasteiger partial charge is 0.230 e. The third-order valence-electron chi connectivity index (χ3n) is 3.01. The summed E-state index contributed by atoms with van der Waals surface area (Å²) in [6.45, 7) is 0. The molecule has 0 heterocycles. The zero-order chi connectivity index (χ0) is 11.1. The highest BCUT2D eigenvalue weighted by molar-refractivity contribution is 6.32. The average Bonchev–Trinajstić information content (AvgIpc) is 2.96. The third-order valence-corrected chi connectivity index (χ3v) is 3.58. The number of halogens is 1. The maximum atomic E-state index is 13.2. The molecule has 0 aromatic heterocycles. The molecule has 0 aliphatic heterocycles. The molecule has 0 spiro atoms. The van der Waals surface area contributed by atoms with E-state index in [0.29, 0.717) is 0 Å². The minimum absolute atomic E-state index is 0.00849. The number of hydrogen-bond donors (Lipinski definition) is 1. The van der Waals surface area contributed by atoms with Crippen molar-refractivity contribution in [2.45, 2.75) is 18.3 Å². The summed E-state index contributed by atoms with van der Waals surface area (Å²) in [7, 11) is 2.44. The zero-order valence-corrected chi connectivity index (χ0v) is 10.9. The van der Waals surface area contributed by atoms with E-state index in [4.69, 9.17) is 0 Å². The van der Waals surface area contributed by atoms with E-state index >= 15 is 0 Å². The molecule has 1 fully saturated rings. The molecule has 0 bridgehead atoms. The van der Waals surface area contributed by atoms with Gasteiger partial charge in [0.2, 0.25) is 5.91 Å². The van der Waals surface area contributed by atoms with Crippen LogP contribution >= 0.6 is 0 Å². The van der Waals surface area contributed by atoms with E-state index in [-0.39, 0.29) is 11.7 Å². The number of carbonyl (C=O) groups excluding carboxylic acids is 1. The Kier molecular flexibility index (Phi) is 2.38. The van der Waals surface area contributed by atoms with Gasteiger partial charge in [-0.25, -0.2) is 4.39 Å². The van der Waals surface area contributed by atoms with Crippen LogP contribution < -0.4 is 10.5 Å². The second-order valence-corrected chi connectivity index (χ2v) is 5.33. The highest BCUT2D eigenvalue weighted by Gasteiger charge is 2.50. The molecule has 2 nitrogen and oxygen atoms in total. The zero-order valence-electron chi connectivity index (χ0n) is 8.93. The Labute approximate surface area is 91.3 Å². The fourth-order valence-corrected chi connectivity index (χ4v) is 2.61. The number of benzene rings is 1. The van der Waals surface area contributed by atoms with Crippen molar-refractivity contribution in [3.8, 4) is 0 Å². The number of amides is 1. The number of nitrogens with one attached hydrogen (secondary N) is 1. The van der Waals surface area contributed by atoms with Crippen molar-refractivity contribution in [3.05, 3.63) is 29.6 Å². The maximum absolute atomic E-state index is 13.2. The maximum Gasteiger partial charge on any atom is 0.230 e. The Morgan fingerprint density at radius 2 is 2.13 bits per heavy atom. The molecule has 1 amide bonds. The van der Waals surface area contributed by atoms with E-state index in [9.17, 15) is 9.18 Å². The minimum atomic E-state index is -0.435. The Hall–Kier alpha value is -1.16. The van der Waals surface area contributed by atoms with Crippen LogP contribution in [0.3, 0.4) is 0 Å². The van der Waals surface area contributed by atoms with Crippen molar-refractivity contribution in [1.82, 2.24) is 5.32 Å². The number of hydrogen-bond acceptors (Lipinski definition) is 1. The Morgan fingerprint density at radius 3 is 2.60 bits per heavy atom. The summed E-state index contributed by atoms with van der Waals surface area (Å²) in [5, 5.41) is 3.66. The summed E-state index contributed by atoms with van der Waals surface area (Å²) < 4.78 is 13.2. The summed E-state index contributed by atoms with van der Waals surface area (Å²) in [5.74, 6) is -0.221. The highest BCUT2D eigenvalue weighted by atomic mass is 28.1. The van der Waals surface area contributed by atoms with Crippen molar-refractivity contribution < 1.29 is 9.18 Å². The molecule has 0 atom stereocenters. The van der Waals surface area contributed by atoms with Gasteiger partial charge in [0.05, 0.1) is 5.41 Å². The Balaban J connectivity index is 2.41. The molecule has 1 aromatic carbocycles. The SMILES string of the molecule is CNC(=O)C1(c2cc(F)cc([SiH3])c2)CC1. The molecule has 2 rings (SSSR count). The molecule has 1 N–H and O–H groups in total. The van der Waals surface area contributed by atoms with E-state index in [1.54, 1.807) is 7.05 Å². The van der Waals surface area contributed by atoms with Gasteiger partial charge in [0.1, 0.15) is 5.82 Å². The van der Waals surface area contributed by atoms with E-state index in [2.05, 4.69) is 5.32 Å². The first kappa shape index (κ1) is 10.4. The van der Waals surface area contributed by atoms with Crippen LogP contribution in [-0.2, 0) is 10.2 Å². The van der Waals surface area contributed by atoms with Gasteiger partial charge in [-0.05, 0) is 30.5 Å². The van der Waals surface area contributed by atoms with Crippen LogP contribution in [0.4, 0.5) is 4.39 Å². The fraction of sp³-hybridized carbons (Fsp3) is 0.364. The molecule has 0 saturated heterocycles.